The lowest BCUT2D eigenvalue weighted by Gasteiger charge is -2.03. The fourth-order valence-electron chi connectivity index (χ4n) is 2.69. The Balaban J connectivity index is 1.94. The largest absolute Gasteiger partial charge is 0.508 e. The molecule has 0 saturated heterocycles. The van der Waals surface area contributed by atoms with E-state index in [1.165, 1.54) is 57.4 Å². The first kappa shape index (κ1) is 19.4. The molecule has 128 valence electrons. The number of phenols is 2. The summed E-state index contributed by atoms with van der Waals surface area (Å²) in [4.78, 5) is 0. The Hall–Kier alpha value is -1.62. The van der Waals surface area contributed by atoms with Crippen LogP contribution in [0.15, 0.2) is 18.2 Å². The molecule has 2 heteroatoms. The zero-order valence-electron chi connectivity index (χ0n) is 14.6. The van der Waals surface area contributed by atoms with Crippen LogP contribution in [-0.4, -0.2) is 10.2 Å². The standard InChI is InChI=1S/C21H32O2/c1-2-3-4-5-6-7-8-9-10-11-12-13-14-15-19-16-20(22)18-21(23)17-19/h16-18,22-23H,2-6,9-15H2,1H3. The van der Waals surface area contributed by atoms with Crippen LogP contribution in [0.4, 0.5) is 0 Å². The molecule has 0 unspecified atom stereocenters. The number of phenolic OH excluding ortho intramolecular Hbond substituents is 2. The number of hydrogen-bond donors (Lipinski definition) is 2. The van der Waals surface area contributed by atoms with Crippen LogP contribution in [0.2, 0.25) is 0 Å². The molecule has 0 aliphatic rings. The molecule has 0 aliphatic heterocycles. The molecular weight excluding hydrogens is 284 g/mol. The molecule has 1 aromatic rings. The van der Waals surface area contributed by atoms with Gasteiger partial charge in [-0.05, 0) is 43.4 Å². The first-order valence-electron chi connectivity index (χ1n) is 9.20. The van der Waals surface area contributed by atoms with Crippen LogP contribution in [-0.2, 0) is 6.42 Å². The number of hydrogen-bond acceptors (Lipinski definition) is 2. The van der Waals surface area contributed by atoms with Crippen molar-refractivity contribution in [2.75, 3.05) is 0 Å². The van der Waals surface area contributed by atoms with E-state index >= 15 is 0 Å². The fraction of sp³-hybridized carbons (Fsp3) is 0.619. The van der Waals surface area contributed by atoms with E-state index in [4.69, 9.17) is 0 Å². The predicted octanol–water partition coefficient (Wildman–Crippen LogP) is 5.95. The van der Waals surface area contributed by atoms with Gasteiger partial charge < -0.3 is 10.2 Å². The molecule has 2 nitrogen and oxygen atoms in total. The van der Waals surface area contributed by atoms with Crippen molar-refractivity contribution in [2.45, 2.75) is 84.0 Å². The minimum Gasteiger partial charge on any atom is -0.508 e. The Morgan fingerprint density at radius 1 is 0.696 bits per heavy atom. The van der Waals surface area contributed by atoms with Gasteiger partial charge in [0.2, 0.25) is 0 Å². The molecule has 0 aromatic heterocycles. The summed E-state index contributed by atoms with van der Waals surface area (Å²) >= 11 is 0. The molecule has 0 radical (unpaired) electrons. The molecule has 0 atom stereocenters. The van der Waals surface area contributed by atoms with Gasteiger partial charge in [0.25, 0.3) is 0 Å². The van der Waals surface area contributed by atoms with Crippen LogP contribution in [0.25, 0.3) is 0 Å². The predicted molar refractivity (Wildman–Crippen MR) is 97.7 cm³/mol. The third kappa shape index (κ3) is 10.7. The van der Waals surface area contributed by atoms with Crippen LogP contribution >= 0.6 is 0 Å². The van der Waals surface area contributed by atoms with Crippen molar-refractivity contribution >= 4 is 0 Å². The summed E-state index contributed by atoms with van der Waals surface area (Å²) in [6, 6.07) is 4.83. The average Bonchev–Trinajstić information content (AvgIpc) is 2.51. The van der Waals surface area contributed by atoms with E-state index < -0.39 is 0 Å². The highest BCUT2D eigenvalue weighted by molar-refractivity contribution is 5.36. The smallest absolute Gasteiger partial charge is 0.119 e. The second-order valence-corrected chi connectivity index (χ2v) is 6.29. The Morgan fingerprint density at radius 2 is 1.22 bits per heavy atom. The number of aromatic hydroxyl groups is 2. The van der Waals surface area contributed by atoms with Crippen molar-refractivity contribution in [2.24, 2.45) is 0 Å². The number of unbranched alkanes of at least 4 members (excludes halogenated alkanes) is 9. The van der Waals surface area contributed by atoms with Gasteiger partial charge in [0, 0.05) is 18.9 Å². The second-order valence-electron chi connectivity index (χ2n) is 6.29. The molecule has 0 saturated carbocycles. The number of aryl methyl sites for hydroxylation is 1. The Morgan fingerprint density at radius 3 is 1.83 bits per heavy atom. The van der Waals surface area contributed by atoms with E-state index in [-0.39, 0.29) is 11.5 Å². The van der Waals surface area contributed by atoms with Gasteiger partial charge in [-0.1, -0.05) is 45.4 Å². The average molecular weight is 316 g/mol. The molecule has 1 rings (SSSR count). The van der Waals surface area contributed by atoms with Crippen LogP contribution < -0.4 is 0 Å². The maximum absolute atomic E-state index is 9.42. The van der Waals surface area contributed by atoms with E-state index in [1.807, 2.05) is 0 Å². The zero-order valence-corrected chi connectivity index (χ0v) is 14.6. The molecule has 2 N–H and O–H groups in total. The highest BCUT2D eigenvalue weighted by atomic mass is 16.3. The maximum atomic E-state index is 9.42. The highest BCUT2D eigenvalue weighted by Crippen LogP contribution is 2.21. The topological polar surface area (TPSA) is 40.5 Å². The third-order valence-electron chi connectivity index (χ3n) is 4.01. The van der Waals surface area contributed by atoms with Gasteiger partial charge in [-0.3, -0.25) is 0 Å². The summed E-state index contributed by atoms with van der Waals surface area (Å²) in [6.45, 7) is 2.24. The van der Waals surface area contributed by atoms with Crippen molar-refractivity contribution in [3.63, 3.8) is 0 Å². The normalized spacial score (nSPS) is 10.3. The second kappa shape index (κ2) is 12.9. The molecule has 0 bridgehead atoms. The summed E-state index contributed by atoms with van der Waals surface area (Å²) in [7, 11) is 0. The van der Waals surface area contributed by atoms with Gasteiger partial charge in [0.05, 0.1) is 0 Å². The number of benzene rings is 1. The zero-order chi connectivity index (χ0) is 16.8. The summed E-state index contributed by atoms with van der Waals surface area (Å²) in [5, 5.41) is 18.8. The third-order valence-corrected chi connectivity index (χ3v) is 4.01. The van der Waals surface area contributed by atoms with Gasteiger partial charge in [-0.25, -0.2) is 0 Å². The van der Waals surface area contributed by atoms with Gasteiger partial charge in [0.1, 0.15) is 11.5 Å². The summed E-state index contributed by atoms with van der Waals surface area (Å²) < 4.78 is 0. The molecule has 1 aromatic carbocycles. The first-order chi connectivity index (χ1) is 11.2. The summed E-state index contributed by atoms with van der Waals surface area (Å²) in [6.07, 6.45) is 14.2. The fourth-order valence-corrected chi connectivity index (χ4v) is 2.69. The Bertz CT molecular complexity index is 462. The van der Waals surface area contributed by atoms with Crippen molar-refractivity contribution in [1.29, 1.82) is 0 Å². The van der Waals surface area contributed by atoms with E-state index in [2.05, 4.69) is 18.8 Å². The van der Waals surface area contributed by atoms with Crippen LogP contribution in [0.3, 0.4) is 0 Å². The van der Waals surface area contributed by atoms with E-state index in [9.17, 15) is 10.2 Å². The van der Waals surface area contributed by atoms with Gasteiger partial charge >= 0.3 is 0 Å². The SMILES string of the molecule is CCCCCCC#CCCCCCCCc1cc(O)cc(O)c1. The lowest BCUT2D eigenvalue weighted by Crippen LogP contribution is -1.86. The molecule has 0 fully saturated rings. The maximum Gasteiger partial charge on any atom is 0.119 e. The molecule has 0 amide bonds. The van der Waals surface area contributed by atoms with Crippen molar-refractivity contribution in [3.8, 4) is 23.3 Å². The quantitative estimate of drug-likeness (QED) is 0.391. The van der Waals surface area contributed by atoms with Crippen LogP contribution in [0.5, 0.6) is 11.5 Å². The van der Waals surface area contributed by atoms with E-state index in [0.717, 1.165) is 31.2 Å². The van der Waals surface area contributed by atoms with Crippen LogP contribution in [0.1, 0.15) is 83.1 Å². The van der Waals surface area contributed by atoms with Gasteiger partial charge in [-0.15, -0.1) is 11.8 Å². The number of rotatable bonds is 11. The van der Waals surface area contributed by atoms with Crippen LogP contribution in [0, 0.1) is 11.8 Å². The molecule has 0 heterocycles. The first-order valence-corrected chi connectivity index (χ1v) is 9.20. The summed E-state index contributed by atoms with van der Waals surface area (Å²) in [5.41, 5.74) is 1.01. The molecule has 23 heavy (non-hydrogen) atoms. The van der Waals surface area contributed by atoms with Crippen molar-refractivity contribution in [1.82, 2.24) is 0 Å². The van der Waals surface area contributed by atoms with E-state index in [1.54, 1.807) is 12.1 Å². The molecular formula is C21H32O2. The summed E-state index contributed by atoms with van der Waals surface area (Å²) in [5.74, 6) is 6.86. The lowest BCUT2D eigenvalue weighted by atomic mass is 10.0. The van der Waals surface area contributed by atoms with Gasteiger partial charge in [-0.2, -0.15) is 0 Å². The molecule has 0 aliphatic carbocycles. The lowest BCUT2D eigenvalue weighted by molar-refractivity contribution is 0.449. The Kier molecular flexibility index (Phi) is 10.9. The monoisotopic (exact) mass is 316 g/mol. The van der Waals surface area contributed by atoms with Crippen molar-refractivity contribution in [3.05, 3.63) is 23.8 Å². The van der Waals surface area contributed by atoms with Gasteiger partial charge in [0.15, 0.2) is 0 Å². The minimum absolute atomic E-state index is 0.147. The van der Waals surface area contributed by atoms with Crippen molar-refractivity contribution < 1.29 is 10.2 Å². The van der Waals surface area contributed by atoms with E-state index in [0.29, 0.717) is 0 Å². The minimum atomic E-state index is 0.147. The highest BCUT2D eigenvalue weighted by Gasteiger charge is 1.99. The molecule has 0 spiro atoms. The Labute approximate surface area is 141 Å².